The molecule has 2 fully saturated rings. The van der Waals surface area contributed by atoms with Gasteiger partial charge >= 0.3 is 0 Å². The van der Waals surface area contributed by atoms with E-state index in [1.54, 1.807) is 0 Å². The van der Waals surface area contributed by atoms with Gasteiger partial charge in [-0.3, -0.25) is 0 Å². The van der Waals surface area contributed by atoms with E-state index in [0.29, 0.717) is 12.2 Å². The number of rotatable bonds is 7. The fourth-order valence-electron chi connectivity index (χ4n) is 3.02. The van der Waals surface area contributed by atoms with Gasteiger partial charge in [-0.05, 0) is 39.0 Å². The molecule has 1 N–H and O–H groups in total. The SMILES string of the molecule is CC(O)CCC(OC1CCCC1)OC1CCCC1. The summed E-state index contributed by atoms with van der Waals surface area (Å²) in [5.41, 5.74) is 0. The molecule has 106 valence electrons. The van der Waals surface area contributed by atoms with Crippen LogP contribution in [0, 0.1) is 0 Å². The smallest absolute Gasteiger partial charge is 0.158 e. The van der Waals surface area contributed by atoms with Crippen molar-refractivity contribution in [2.45, 2.75) is 95.7 Å². The molecule has 2 aliphatic carbocycles. The molecule has 0 aromatic carbocycles. The van der Waals surface area contributed by atoms with Crippen molar-refractivity contribution < 1.29 is 14.6 Å². The van der Waals surface area contributed by atoms with Crippen LogP contribution in [-0.4, -0.2) is 29.7 Å². The minimum absolute atomic E-state index is 0.0919. The highest BCUT2D eigenvalue weighted by atomic mass is 16.7. The Morgan fingerprint density at radius 3 is 1.72 bits per heavy atom. The van der Waals surface area contributed by atoms with Gasteiger partial charge in [0.15, 0.2) is 6.29 Å². The Morgan fingerprint density at radius 1 is 0.889 bits per heavy atom. The summed E-state index contributed by atoms with van der Waals surface area (Å²) in [5, 5.41) is 9.41. The van der Waals surface area contributed by atoms with E-state index in [1.165, 1.54) is 51.4 Å². The molecule has 0 radical (unpaired) electrons. The lowest BCUT2D eigenvalue weighted by Crippen LogP contribution is -2.28. The maximum Gasteiger partial charge on any atom is 0.158 e. The highest BCUT2D eigenvalue weighted by molar-refractivity contribution is 4.71. The van der Waals surface area contributed by atoms with Gasteiger partial charge in [-0.1, -0.05) is 25.7 Å². The van der Waals surface area contributed by atoms with Crippen molar-refractivity contribution in [3.63, 3.8) is 0 Å². The molecule has 0 aromatic heterocycles. The molecular formula is C15H28O3. The Balaban J connectivity index is 1.76. The highest BCUT2D eigenvalue weighted by Gasteiger charge is 2.25. The largest absolute Gasteiger partial charge is 0.393 e. The van der Waals surface area contributed by atoms with Gasteiger partial charge in [0.2, 0.25) is 0 Å². The Morgan fingerprint density at radius 2 is 1.33 bits per heavy atom. The van der Waals surface area contributed by atoms with E-state index in [4.69, 9.17) is 9.47 Å². The first kappa shape index (κ1) is 14.3. The molecule has 0 amide bonds. The molecule has 2 rings (SSSR count). The van der Waals surface area contributed by atoms with Gasteiger partial charge in [-0.2, -0.15) is 0 Å². The van der Waals surface area contributed by atoms with Gasteiger partial charge in [0, 0.05) is 6.42 Å². The molecule has 0 spiro atoms. The van der Waals surface area contributed by atoms with Crippen molar-refractivity contribution >= 4 is 0 Å². The fourth-order valence-corrected chi connectivity index (χ4v) is 3.02. The molecule has 0 aromatic rings. The van der Waals surface area contributed by atoms with E-state index in [0.717, 1.165) is 12.8 Å². The molecule has 3 nitrogen and oxygen atoms in total. The predicted molar refractivity (Wildman–Crippen MR) is 71.4 cm³/mol. The van der Waals surface area contributed by atoms with Gasteiger partial charge in [-0.25, -0.2) is 0 Å². The second-order valence-corrected chi connectivity index (χ2v) is 5.94. The van der Waals surface area contributed by atoms with E-state index in [9.17, 15) is 5.11 Å². The monoisotopic (exact) mass is 256 g/mol. The summed E-state index contributed by atoms with van der Waals surface area (Å²) in [4.78, 5) is 0. The number of aliphatic hydroxyl groups is 1. The standard InChI is InChI=1S/C15H28O3/c1-12(16)10-11-15(17-13-6-2-3-7-13)18-14-8-4-5-9-14/h12-16H,2-11H2,1H3. The van der Waals surface area contributed by atoms with Crippen LogP contribution in [0.5, 0.6) is 0 Å². The van der Waals surface area contributed by atoms with Gasteiger partial charge in [0.05, 0.1) is 18.3 Å². The summed E-state index contributed by atoms with van der Waals surface area (Å²) in [6.45, 7) is 1.84. The summed E-state index contributed by atoms with van der Waals surface area (Å²) in [6, 6.07) is 0. The lowest BCUT2D eigenvalue weighted by Gasteiger charge is -2.26. The third-order valence-corrected chi connectivity index (χ3v) is 4.11. The van der Waals surface area contributed by atoms with Crippen LogP contribution in [0.15, 0.2) is 0 Å². The van der Waals surface area contributed by atoms with Crippen LogP contribution < -0.4 is 0 Å². The first-order valence-electron chi connectivity index (χ1n) is 7.73. The average Bonchev–Trinajstić information content (AvgIpc) is 2.98. The molecule has 2 aliphatic rings. The molecule has 0 heterocycles. The van der Waals surface area contributed by atoms with E-state index in [-0.39, 0.29) is 12.4 Å². The van der Waals surface area contributed by atoms with Crippen LogP contribution in [0.4, 0.5) is 0 Å². The van der Waals surface area contributed by atoms with E-state index in [1.807, 2.05) is 6.92 Å². The third-order valence-electron chi connectivity index (χ3n) is 4.11. The van der Waals surface area contributed by atoms with Crippen LogP contribution in [0.25, 0.3) is 0 Å². The van der Waals surface area contributed by atoms with Crippen molar-refractivity contribution in [1.29, 1.82) is 0 Å². The summed E-state index contributed by atoms with van der Waals surface area (Å²) >= 11 is 0. The van der Waals surface area contributed by atoms with Gasteiger partial charge < -0.3 is 14.6 Å². The second-order valence-electron chi connectivity index (χ2n) is 5.94. The lowest BCUT2D eigenvalue weighted by atomic mass is 10.2. The maximum absolute atomic E-state index is 9.41. The van der Waals surface area contributed by atoms with Crippen molar-refractivity contribution in [2.24, 2.45) is 0 Å². The van der Waals surface area contributed by atoms with Gasteiger partial charge in [0.25, 0.3) is 0 Å². The molecule has 3 heteroatoms. The van der Waals surface area contributed by atoms with Crippen LogP contribution in [0.2, 0.25) is 0 Å². The van der Waals surface area contributed by atoms with Crippen LogP contribution >= 0.6 is 0 Å². The summed E-state index contributed by atoms with van der Waals surface area (Å²) in [6.07, 6.45) is 11.9. The molecule has 0 saturated heterocycles. The quantitative estimate of drug-likeness (QED) is 0.710. The Hall–Kier alpha value is -0.120. The zero-order valence-electron chi connectivity index (χ0n) is 11.6. The molecule has 1 unspecified atom stereocenters. The summed E-state index contributed by atoms with van der Waals surface area (Å²) in [5.74, 6) is 0. The fraction of sp³-hybridized carbons (Fsp3) is 1.00. The normalized spacial score (nSPS) is 24.2. The van der Waals surface area contributed by atoms with Crippen LogP contribution in [-0.2, 0) is 9.47 Å². The lowest BCUT2D eigenvalue weighted by molar-refractivity contribution is -0.196. The van der Waals surface area contributed by atoms with Gasteiger partial charge in [0.1, 0.15) is 0 Å². The maximum atomic E-state index is 9.41. The Labute approximate surface area is 111 Å². The predicted octanol–water partition coefficient (Wildman–Crippen LogP) is 3.39. The average molecular weight is 256 g/mol. The molecular weight excluding hydrogens is 228 g/mol. The van der Waals surface area contributed by atoms with Crippen molar-refractivity contribution in [1.82, 2.24) is 0 Å². The van der Waals surface area contributed by atoms with E-state index < -0.39 is 0 Å². The van der Waals surface area contributed by atoms with Crippen molar-refractivity contribution in [3.05, 3.63) is 0 Å². The summed E-state index contributed by atoms with van der Waals surface area (Å²) < 4.78 is 12.2. The first-order valence-corrected chi connectivity index (χ1v) is 7.73. The molecule has 2 saturated carbocycles. The zero-order valence-corrected chi connectivity index (χ0v) is 11.6. The minimum Gasteiger partial charge on any atom is -0.393 e. The molecule has 0 bridgehead atoms. The molecule has 1 atom stereocenters. The van der Waals surface area contributed by atoms with Crippen LogP contribution in [0.3, 0.4) is 0 Å². The number of hydrogen-bond acceptors (Lipinski definition) is 3. The summed E-state index contributed by atoms with van der Waals surface area (Å²) in [7, 11) is 0. The Kier molecular flexibility index (Phi) is 5.93. The van der Waals surface area contributed by atoms with E-state index >= 15 is 0 Å². The molecule has 18 heavy (non-hydrogen) atoms. The van der Waals surface area contributed by atoms with Crippen LogP contribution in [0.1, 0.15) is 71.1 Å². The van der Waals surface area contributed by atoms with Crippen molar-refractivity contribution in [3.8, 4) is 0 Å². The molecule has 0 aliphatic heterocycles. The second kappa shape index (κ2) is 7.46. The third kappa shape index (κ3) is 4.87. The zero-order chi connectivity index (χ0) is 12.8. The number of hydrogen-bond donors (Lipinski definition) is 1. The topological polar surface area (TPSA) is 38.7 Å². The minimum atomic E-state index is -0.258. The number of ether oxygens (including phenoxy) is 2. The van der Waals surface area contributed by atoms with E-state index in [2.05, 4.69) is 0 Å². The van der Waals surface area contributed by atoms with Gasteiger partial charge in [-0.15, -0.1) is 0 Å². The first-order chi connectivity index (χ1) is 8.74. The highest BCUT2D eigenvalue weighted by Crippen LogP contribution is 2.27. The van der Waals surface area contributed by atoms with Crippen molar-refractivity contribution in [2.75, 3.05) is 0 Å². The Bertz CT molecular complexity index is 200. The number of aliphatic hydroxyl groups excluding tert-OH is 1.